The second kappa shape index (κ2) is 4.37. The molecule has 1 aliphatic carbocycles. The lowest BCUT2D eigenvalue weighted by molar-refractivity contribution is 0.164. The molecule has 1 atom stereocenters. The highest BCUT2D eigenvalue weighted by molar-refractivity contribution is 6.30. The molecule has 0 amide bonds. The first kappa shape index (κ1) is 11.7. The largest absolute Gasteiger partial charge is 0.391 e. The summed E-state index contributed by atoms with van der Waals surface area (Å²) in [4.78, 5) is 8.13. The number of aliphatic hydroxyl groups is 1. The minimum atomic E-state index is -0.324. The number of aliphatic hydroxyl groups excluding tert-OH is 1. The van der Waals surface area contributed by atoms with Gasteiger partial charge in [-0.25, -0.2) is 0 Å². The first-order valence-corrected chi connectivity index (χ1v) is 6.32. The molecule has 7 heteroatoms. The molecule has 0 saturated heterocycles. The fourth-order valence-corrected chi connectivity index (χ4v) is 2.12. The van der Waals surface area contributed by atoms with Gasteiger partial charge in [0.05, 0.1) is 6.10 Å². The van der Waals surface area contributed by atoms with Crippen molar-refractivity contribution in [2.24, 2.45) is 5.92 Å². The van der Waals surface area contributed by atoms with E-state index < -0.39 is 0 Å². The molecule has 0 aromatic carbocycles. The molecule has 0 aliphatic heterocycles. The second-order valence-corrected chi connectivity index (χ2v) is 4.99. The lowest BCUT2D eigenvalue weighted by Gasteiger charge is -2.14. The van der Waals surface area contributed by atoms with Gasteiger partial charge in [0.1, 0.15) is 17.3 Å². The van der Waals surface area contributed by atoms with Crippen LogP contribution in [0, 0.1) is 12.8 Å². The molecule has 2 aromatic rings. The van der Waals surface area contributed by atoms with E-state index in [4.69, 9.17) is 11.6 Å². The molecule has 2 N–H and O–H groups in total. The highest BCUT2D eigenvalue weighted by Crippen LogP contribution is 2.32. The van der Waals surface area contributed by atoms with E-state index in [9.17, 15) is 5.11 Å². The minimum absolute atomic E-state index is 0.324. The lowest BCUT2D eigenvalue weighted by atomic mass is 10.2. The van der Waals surface area contributed by atoms with Gasteiger partial charge in [-0.05, 0) is 25.7 Å². The van der Waals surface area contributed by atoms with Gasteiger partial charge in [-0.15, -0.1) is 0 Å². The van der Waals surface area contributed by atoms with E-state index in [-0.39, 0.29) is 6.10 Å². The fourth-order valence-electron chi connectivity index (χ4n) is 1.95. The van der Waals surface area contributed by atoms with Crippen molar-refractivity contribution in [3.63, 3.8) is 0 Å². The molecule has 1 unspecified atom stereocenters. The average Bonchev–Trinajstić information content (AvgIpc) is 3.10. The molecule has 6 nitrogen and oxygen atoms in total. The van der Waals surface area contributed by atoms with Crippen molar-refractivity contribution >= 4 is 23.2 Å². The number of fused-ring (bicyclic) bond motifs is 1. The van der Waals surface area contributed by atoms with Crippen LogP contribution in [0.1, 0.15) is 18.4 Å². The number of rotatable bonds is 4. The van der Waals surface area contributed by atoms with Gasteiger partial charge in [-0.3, -0.25) is 0 Å². The van der Waals surface area contributed by atoms with Crippen LogP contribution in [0.4, 0.5) is 5.82 Å². The van der Waals surface area contributed by atoms with Crippen molar-refractivity contribution in [1.82, 2.24) is 19.6 Å². The monoisotopic (exact) mass is 267 g/mol. The van der Waals surface area contributed by atoms with Gasteiger partial charge in [-0.2, -0.15) is 19.6 Å². The predicted octanol–water partition coefficient (Wildman–Crippen LogP) is 1.27. The Hall–Kier alpha value is -1.40. The summed E-state index contributed by atoms with van der Waals surface area (Å²) in [5, 5.41) is 17.6. The van der Waals surface area contributed by atoms with Gasteiger partial charge < -0.3 is 10.4 Å². The Morgan fingerprint density at radius 3 is 3.11 bits per heavy atom. The smallest absolute Gasteiger partial charge is 0.255 e. The topological polar surface area (TPSA) is 75.3 Å². The number of hydrogen-bond donors (Lipinski definition) is 2. The van der Waals surface area contributed by atoms with E-state index >= 15 is 0 Å². The highest BCUT2D eigenvalue weighted by atomic mass is 35.5. The van der Waals surface area contributed by atoms with Crippen LogP contribution in [0.15, 0.2) is 6.33 Å². The number of halogens is 1. The van der Waals surface area contributed by atoms with Gasteiger partial charge in [-0.1, -0.05) is 11.6 Å². The molecule has 0 spiro atoms. The maximum absolute atomic E-state index is 9.88. The number of nitrogens with zero attached hydrogens (tertiary/aromatic N) is 4. The third kappa shape index (κ3) is 2.02. The summed E-state index contributed by atoms with van der Waals surface area (Å²) < 4.78 is 1.60. The van der Waals surface area contributed by atoms with Crippen LogP contribution in [0.3, 0.4) is 0 Å². The molecule has 1 saturated carbocycles. The number of anilines is 1. The van der Waals surface area contributed by atoms with Gasteiger partial charge in [0.2, 0.25) is 0 Å². The van der Waals surface area contributed by atoms with Crippen LogP contribution in [-0.2, 0) is 0 Å². The van der Waals surface area contributed by atoms with Crippen LogP contribution in [0.2, 0.25) is 5.15 Å². The van der Waals surface area contributed by atoms with Crippen molar-refractivity contribution in [2.75, 3.05) is 11.9 Å². The van der Waals surface area contributed by atoms with E-state index in [1.807, 2.05) is 6.92 Å². The Bertz CT molecular complexity index is 580. The van der Waals surface area contributed by atoms with Gasteiger partial charge in [0.25, 0.3) is 5.78 Å². The summed E-state index contributed by atoms with van der Waals surface area (Å²) in [6, 6.07) is 0. The molecule has 18 heavy (non-hydrogen) atoms. The number of aromatic nitrogens is 4. The maximum Gasteiger partial charge on any atom is 0.255 e. The van der Waals surface area contributed by atoms with Crippen molar-refractivity contribution in [1.29, 1.82) is 0 Å². The molecule has 3 rings (SSSR count). The summed E-state index contributed by atoms with van der Waals surface area (Å²) in [7, 11) is 0. The minimum Gasteiger partial charge on any atom is -0.391 e. The maximum atomic E-state index is 9.88. The standard InChI is InChI=1S/C11H14ClN5O/c1-6-9(12)16-11-14-5-15-17(11)10(6)13-4-8(18)7-2-3-7/h5,7-8,13,18H,2-4H2,1H3. The van der Waals surface area contributed by atoms with Crippen molar-refractivity contribution < 1.29 is 5.11 Å². The summed E-state index contributed by atoms with van der Waals surface area (Å²) in [6.07, 6.45) is 3.32. The summed E-state index contributed by atoms with van der Waals surface area (Å²) in [5.74, 6) is 1.62. The normalized spacial score (nSPS) is 17.1. The Morgan fingerprint density at radius 2 is 2.39 bits per heavy atom. The van der Waals surface area contributed by atoms with Crippen molar-refractivity contribution in [3.05, 3.63) is 17.0 Å². The SMILES string of the molecule is Cc1c(Cl)nc2ncnn2c1NCC(O)C1CC1. The van der Waals surface area contributed by atoms with Crippen LogP contribution < -0.4 is 5.32 Å². The molecule has 2 aromatic heterocycles. The Morgan fingerprint density at radius 1 is 1.61 bits per heavy atom. The van der Waals surface area contributed by atoms with E-state index in [2.05, 4.69) is 20.4 Å². The molecule has 0 radical (unpaired) electrons. The predicted molar refractivity (Wildman–Crippen MR) is 67.7 cm³/mol. The Labute approximate surface area is 109 Å². The fraction of sp³-hybridized carbons (Fsp3) is 0.545. The molecule has 96 valence electrons. The average molecular weight is 268 g/mol. The van der Waals surface area contributed by atoms with E-state index in [0.717, 1.165) is 24.2 Å². The third-order valence-electron chi connectivity index (χ3n) is 3.25. The van der Waals surface area contributed by atoms with Crippen LogP contribution in [0.25, 0.3) is 5.78 Å². The Kier molecular flexibility index (Phi) is 2.83. The summed E-state index contributed by atoms with van der Waals surface area (Å²) >= 11 is 6.05. The highest BCUT2D eigenvalue weighted by Gasteiger charge is 2.29. The molecular weight excluding hydrogens is 254 g/mol. The molecule has 1 aliphatic rings. The molecule has 1 fully saturated rings. The zero-order valence-corrected chi connectivity index (χ0v) is 10.7. The van der Waals surface area contributed by atoms with Gasteiger partial charge in [0.15, 0.2) is 0 Å². The van der Waals surface area contributed by atoms with Crippen molar-refractivity contribution in [3.8, 4) is 0 Å². The van der Waals surface area contributed by atoms with Crippen LogP contribution in [0.5, 0.6) is 0 Å². The molecule has 0 bridgehead atoms. The zero-order chi connectivity index (χ0) is 12.7. The quantitative estimate of drug-likeness (QED) is 0.816. The first-order chi connectivity index (χ1) is 8.66. The van der Waals surface area contributed by atoms with Crippen molar-refractivity contribution in [2.45, 2.75) is 25.9 Å². The van der Waals surface area contributed by atoms with E-state index in [1.54, 1.807) is 4.52 Å². The Balaban J connectivity index is 1.89. The molecular formula is C11H14ClN5O. The van der Waals surface area contributed by atoms with Gasteiger partial charge in [0, 0.05) is 12.1 Å². The molecule has 2 heterocycles. The summed E-state index contributed by atoms with van der Waals surface area (Å²) in [6.45, 7) is 2.35. The first-order valence-electron chi connectivity index (χ1n) is 5.94. The van der Waals surface area contributed by atoms with E-state index in [1.165, 1.54) is 6.33 Å². The lowest BCUT2D eigenvalue weighted by Crippen LogP contribution is -2.23. The number of nitrogens with one attached hydrogen (secondary N) is 1. The summed E-state index contributed by atoms with van der Waals surface area (Å²) in [5.41, 5.74) is 0.803. The zero-order valence-electron chi connectivity index (χ0n) is 9.97. The third-order valence-corrected chi connectivity index (χ3v) is 3.62. The number of hydrogen-bond acceptors (Lipinski definition) is 5. The van der Waals surface area contributed by atoms with Crippen LogP contribution in [-0.4, -0.2) is 37.3 Å². The van der Waals surface area contributed by atoms with Crippen LogP contribution >= 0.6 is 11.6 Å². The van der Waals surface area contributed by atoms with Gasteiger partial charge >= 0.3 is 0 Å². The van der Waals surface area contributed by atoms with E-state index in [0.29, 0.717) is 23.4 Å². The second-order valence-electron chi connectivity index (χ2n) is 4.63.